The van der Waals surface area contributed by atoms with Crippen molar-refractivity contribution in [2.45, 2.75) is 45.0 Å². The van der Waals surface area contributed by atoms with Gasteiger partial charge in [-0.25, -0.2) is 4.79 Å². The fraction of sp³-hybridized carbons (Fsp3) is 0.421. The van der Waals surface area contributed by atoms with Gasteiger partial charge < -0.3 is 20.3 Å². The van der Waals surface area contributed by atoms with E-state index in [-0.39, 0.29) is 13.0 Å². The molecule has 0 fully saturated rings. The Morgan fingerprint density at radius 1 is 1.12 bits per heavy atom. The Balaban J connectivity index is 1.94. The Bertz CT molecular complexity index is 688. The molecule has 0 bridgehead atoms. The molecule has 0 aliphatic heterocycles. The monoisotopic (exact) mass is 331 g/mol. The van der Waals surface area contributed by atoms with E-state index in [1.54, 1.807) is 26.8 Å². The summed E-state index contributed by atoms with van der Waals surface area (Å²) in [4.78, 5) is 11.6. The zero-order valence-electron chi connectivity index (χ0n) is 14.3. The van der Waals surface area contributed by atoms with Crippen LogP contribution in [0.5, 0.6) is 0 Å². The summed E-state index contributed by atoms with van der Waals surface area (Å²) >= 11 is 0. The molecule has 1 amide bonds. The molecule has 2 atom stereocenters. The van der Waals surface area contributed by atoms with Crippen molar-refractivity contribution in [2.75, 3.05) is 6.54 Å². The molecule has 2 unspecified atom stereocenters. The third-order valence-electron chi connectivity index (χ3n) is 3.61. The number of aliphatic hydroxyl groups is 2. The van der Waals surface area contributed by atoms with E-state index in [0.717, 1.165) is 10.8 Å². The van der Waals surface area contributed by atoms with Gasteiger partial charge >= 0.3 is 6.09 Å². The number of fused-ring (bicyclic) bond motifs is 1. The molecule has 5 nitrogen and oxygen atoms in total. The van der Waals surface area contributed by atoms with E-state index in [0.29, 0.717) is 5.56 Å². The lowest BCUT2D eigenvalue weighted by molar-refractivity contribution is 0.0131. The van der Waals surface area contributed by atoms with Crippen molar-refractivity contribution in [1.82, 2.24) is 5.32 Å². The highest BCUT2D eigenvalue weighted by atomic mass is 16.6. The van der Waals surface area contributed by atoms with Crippen LogP contribution in [-0.2, 0) is 4.74 Å². The lowest BCUT2D eigenvalue weighted by Gasteiger charge is -2.22. The molecule has 0 aromatic heterocycles. The van der Waals surface area contributed by atoms with Crippen molar-refractivity contribution < 1.29 is 19.7 Å². The van der Waals surface area contributed by atoms with E-state index >= 15 is 0 Å². The largest absolute Gasteiger partial charge is 0.444 e. The van der Waals surface area contributed by atoms with Crippen LogP contribution < -0.4 is 5.32 Å². The van der Waals surface area contributed by atoms with Crippen molar-refractivity contribution in [3.05, 3.63) is 48.0 Å². The number of hydrogen-bond acceptors (Lipinski definition) is 4. The molecule has 0 radical (unpaired) electrons. The van der Waals surface area contributed by atoms with E-state index in [2.05, 4.69) is 5.32 Å². The average Bonchev–Trinajstić information content (AvgIpc) is 2.51. The van der Waals surface area contributed by atoms with Gasteiger partial charge in [-0.2, -0.15) is 0 Å². The maximum absolute atomic E-state index is 11.6. The lowest BCUT2D eigenvalue weighted by atomic mass is 9.96. The molecule has 0 spiro atoms. The van der Waals surface area contributed by atoms with Crippen LogP contribution in [0.3, 0.4) is 0 Å². The summed E-state index contributed by atoms with van der Waals surface area (Å²) in [7, 11) is 0. The number of carbonyl (C=O) groups is 1. The topological polar surface area (TPSA) is 78.8 Å². The number of benzene rings is 2. The van der Waals surface area contributed by atoms with Gasteiger partial charge in [-0.15, -0.1) is 0 Å². The number of rotatable bonds is 5. The van der Waals surface area contributed by atoms with Gasteiger partial charge in [0.2, 0.25) is 0 Å². The second-order valence-corrected chi connectivity index (χ2v) is 6.80. The second-order valence-electron chi connectivity index (χ2n) is 6.80. The number of carbonyl (C=O) groups excluding carboxylic acids is 1. The lowest BCUT2D eigenvalue weighted by Crippen LogP contribution is -2.34. The highest BCUT2D eigenvalue weighted by molar-refractivity contribution is 5.86. The van der Waals surface area contributed by atoms with Crippen LogP contribution in [0.25, 0.3) is 10.8 Å². The standard InChI is InChI=1S/C19H25NO4/c1-19(2,3)24-18(23)20-12-11-16(21)17(22)15-10-6-8-13-7-4-5-9-14(13)15/h4-10,16-17,21-22H,11-12H2,1-3H3,(H,20,23). The molecule has 0 saturated carbocycles. The van der Waals surface area contributed by atoms with Crippen molar-refractivity contribution >= 4 is 16.9 Å². The first-order chi connectivity index (χ1) is 11.3. The summed E-state index contributed by atoms with van der Waals surface area (Å²) in [6.07, 6.45) is -2.31. The maximum Gasteiger partial charge on any atom is 0.407 e. The molecule has 5 heteroatoms. The molecule has 0 heterocycles. The van der Waals surface area contributed by atoms with Gasteiger partial charge in [0.1, 0.15) is 11.7 Å². The summed E-state index contributed by atoms with van der Waals surface area (Å²) < 4.78 is 5.13. The fourth-order valence-corrected chi connectivity index (χ4v) is 2.51. The Morgan fingerprint density at radius 2 is 1.79 bits per heavy atom. The Labute approximate surface area is 142 Å². The van der Waals surface area contributed by atoms with Gasteiger partial charge in [-0.05, 0) is 43.5 Å². The van der Waals surface area contributed by atoms with Gasteiger partial charge in [-0.3, -0.25) is 0 Å². The predicted octanol–water partition coefficient (Wildman–Crippen LogP) is 3.15. The molecular weight excluding hydrogens is 306 g/mol. The minimum atomic E-state index is -1.02. The van der Waals surface area contributed by atoms with Crippen LogP contribution in [-0.4, -0.2) is 34.6 Å². The number of aliphatic hydroxyl groups excluding tert-OH is 2. The molecule has 130 valence electrons. The van der Waals surface area contributed by atoms with E-state index < -0.39 is 23.9 Å². The zero-order valence-corrected chi connectivity index (χ0v) is 14.3. The minimum absolute atomic E-state index is 0.220. The minimum Gasteiger partial charge on any atom is -0.444 e. The molecule has 2 aromatic rings. The first-order valence-electron chi connectivity index (χ1n) is 8.08. The predicted molar refractivity (Wildman–Crippen MR) is 93.8 cm³/mol. The quantitative estimate of drug-likeness (QED) is 0.786. The van der Waals surface area contributed by atoms with E-state index in [9.17, 15) is 15.0 Å². The number of nitrogens with one attached hydrogen (secondary N) is 1. The number of alkyl carbamates (subject to hydrolysis) is 1. The molecule has 24 heavy (non-hydrogen) atoms. The molecule has 0 saturated heterocycles. The Kier molecular flexibility index (Phi) is 5.80. The summed E-state index contributed by atoms with van der Waals surface area (Å²) in [6, 6.07) is 13.3. The SMILES string of the molecule is CC(C)(C)OC(=O)NCCC(O)C(O)c1cccc2ccccc12. The summed E-state index contributed by atoms with van der Waals surface area (Å²) in [5.41, 5.74) is 0.114. The van der Waals surface area contributed by atoms with Gasteiger partial charge in [0.05, 0.1) is 6.10 Å². The second kappa shape index (κ2) is 7.64. The van der Waals surface area contributed by atoms with Crippen LogP contribution in [0.2, 0.25) is 0 Å². The van der Waals surface area contributed by atoms with Crippen molar-refractivity contribution in [2.24, 2.45) is 0 Å². The average molecular weight is 331 g/mol. The molecular formula is C19H25NO4. The molecule has 0 aliphatic carbocycles. The van der Waals surface area contributed by atoms with Gasteiger partial charge in [-0.1, -0.05) is 42.5 Å². The van der Waals surface area contributed by atoms with Crippen molar-refractivity contribution in [3.8, 4) is 0 Å². The summed E-state index contributed by atoms with van der Waals surface area (Å²) in [5.74, 6) is 0. The highest BCUT2D eigenvalue weighted by Gasteiger charge is 2.21. The smallest absolute Gasteiger partial charge is 0.407 e. The van der Waals surface area contributed by atoms with Gasteiger partial charge in [0.15, 0.2) is 0 Å². The van der Waals surface area contributed by atoms with Crippen LogP contribution in [0, 0.1) is 0 Å². The van der Waals surface area contributed by atoms with Crippen molar-refractivity contribution in [1.29, 1.82) is 0 Å². The van der Waals surface area contributed by atoms with E-state index in [1.165, 1.54) is 0 Å². The molecule has 2 aromatic carbocycles. The zero-order chi connectivity index (χ0) is 17.7. The van der Waals surface area contributed by atoms with Crippen LogP contribution in [0.4, 0.5) is 4.79 Å². The first-order valence-corrected chi connectivity index (χ1v) is 8.08. The maximum atomic E-state index is 11.6. The fourth-order valence-electron chi connectivity index (χ4n) is 2.51. The summed E-state index contributed by atoms with van der Waals surface area (Å²) in [6.45, 7) is 5.57. The normalized spacial score (nSPS) is 14.2. The third kappa shape index (κ3) is 4.94. The Morgan fingerprint density at radius 3 is 2.50 bits per heavy atom. The number of ether oxygens (including phenoxy) is 1. The Hall–Kier alpha value is -2.11. The van der Waals surface area contributed by atoms with Gasteiger partial charge in [0.25, 0.3) is 0 Å². The van der Waals surface area contributed by atoms with E-state index in [1.807, 2.05) is 36.4 Å². The number of amides is 1. The summed E-state index contributed by atoms with van der Waals surface area (Å²) in [5, 5.41) is 25.2. The van der Waals surface area contributed by atoms with Crippen LogP contribution >= 0.6 is 0 Å². The van der Waals surface area contributed by atoms with Gasteiger partial charge in [0, 0.05) is 6.54 Å². The number of hydrogen-bond donors (Lipinski definition) is 3. The first kappa shape index (κ1) is 18.2. The van der Waals surface area contributed by atoms with E-state index in [4.69, 9.17) is 4.74 Å². The third-order valence-corrected chi connectivity index (χ3v) is 3.61. The van der Waals surface area contributed by atoms with Crippen molar-refractivity contribution in [3.63, 3.8) is 0 Å². The molecule has 2 rings (SSSR count). The van der Waals surface area contributed by atoms with Crippen LogP contribution in [0.15, 0.2) is 42.5 Å². The highest BCUT2D eigenvalue weighted by Crippen LogP contribution is 2.27. The molecule has 3 N–H and O–H groups in total. The van der Waals surface area contributed by atoms with Crippen LogP contribution in [0.1, 0.15) is 38.9 Å². The molecule has 0 aliphatic rings.